The molecule has 13 heavy (non-hydrogen) atoms. The number of hydrogen-bond acceptors (Lipinski definition) is 2. The number of benzene rings is 1. The molecule has 0 aliphatic heterocycles. The molecule has 5 heteroatoms. The highest BCUT2D eigenvalue weighted by atomic mass is 35.5. The molecule has 0 amide bonds. The zero-order chi connectivity index (χ0) is 8.55. The molecule has 0 aliphatic rings. The van der Waals surface area contributed by atoms with Crippen LogP contribution in [-0.4, -0.2) is 15.8 Å². The number of halogens is 1. The zero-order valence-corrected chi connectivity index (χ0v) is 7.56. The van der Waals surface area contributed by atoms with Gasteiger partial charge in [-0.25, -0.2) is 4.98 Å². The second-order valence-corrected chi connectivity index (χ2v) is 2.52. The van der Waals surface area contributed by atoms with E-state index in [1.165, 1.54) is 0 Å². The summed E-state index contributed by atoms with van der Waals surface area (Å²) in [5.74, 6) is 0.391. The van der Waals surface area contributed by atoms with E-state index >= 15 is 0 Å². The lowest BCUT2D eigenvalue weighted by Crippen LogP contribution is -2.12. The number of nitrogens with zero attached hydrogens (tertiary/aromatic N) is 1. The number of aromatic amines is 1. The number of aromatic nitrogens is 2. The molecule has 4 N–H and O–H groups in total. The molecule has 2 rings (SSSR count). The molecule has 0 bridgehead atoms. The van der Waals surface area contributed by atoms with Crippen molar-refractivity contribution >= 4 is 29.3 Å². The lowest BCUT2D eigenvalue weighted by molar-refractivity contribution is 1.24. The van der Waals surface area contributed by atoms with Crippen LogP contribution in [0.4, 0.5) is 0 Å². The normalized spacial score (nSPS) is 9.54. The minimum Gasteiger partial charge on any atom is -0.381 e. The van der Waals surface area contributed by atoms with E-state index in [9.17, 15) is 0 Å². The van der Waals surface area contributed by atoms with E-state index in [1.807, 2.05) is 24.3 Å². The Balaban J connectivity index is 0.000000845. The first-order valence-electron chi connectivity index (χ1n) is 3.56. The molecular formula is C8H9ClN4. The van der Waals surface area contributed by atoms with Crippen molar-refractivity contribution in [2.45, 2.75) is 0 Å². The van der Waals surface area contributed by atoms with Gasteiger partial charge in [-0.15, -0.1) is 12.4 Å². The van der Waals surface area contributed by atoms with Crippen molar-refractivity contribution in [1.82, 2.24) is 9.97 Å². The fourth-order valence-corrected chi connectivity index (χ4v) is 1.08. The third-order valence-corrected chi connectivity index (χ3v) is 1.64. The second-order valence-electron chi connectivity index (χ2n) is 2.52. The van der Waals surface area contributed by atoms with Gasteiger partial charge in [0, 0.05) is 0 Å². The summed E-state index contributed by atoms with van der Waals surface area (Å²) in [5.41, 5.74) is 7.01. The van der Waals surface area contributed by atoms with Crippen LogP contribution in [0.5, 0.6) is 0 Å². The first-order chi connectivity index (χ1) is 5.77. The van der Waals surface area contributed by atoms with Gasteiger partial charge >= 0.3 is 0 Å². The molecule has 68 valence electrons. The van der Waals surface area contributed by atoms with E-state index in [1.54, 1.807) is 0 Å². The largest absolute Gasteiger partial charge is 0.381 e. The van der Waals surface area contributed by atoms with Crippen molar-refractivity contribution in [3.05, 3.63) is 30.1 Å². The van der Waals surface area contributed by atoms with Crippen molar-refractivity contribution in [1.29, 1.82) is 5.41 Å². The number of nitrogens with two attached hydrogens (primary N) is 1. The Morgan fingerprint density at radius 1 is 1.38 bits per heavy atom. The van der Waals surface area contributed by atoms with Gasteiger partial charge in [-0.3, -0.25) is 5.41 Å². The number of rotatable bonds is 1. The predicted molar refractivity (Wildman–Crippen MR) is 54.4 cm³/mol. The molecule has 0 spiro atoms. The van der Waals surface area contributed by atoms with Crippen molar-refractivity contribution in [2.24, 2.45) is 5.73 Å². The van der Waals surface area contributed by atoms with Crippen LogP contribution in [0.15, 0.2) is 24.3 Å². The molecule has 1 aromatic heterocycles. The van der Waals surface area contributed by atoms with Gasteiger partial charge in [-0.1, -0.05) is 12.1 Å². The van der Waals surface area contributed by atoms with Crippen LogP contribution < -0.4 is 5.73 Å². The summed E-state index contributed by atoms with van der Waals surface area (Å²) in [7, 11) is 0. The summed E-state index contributed by atoms with van der Waals surface area (Å²) in [5, 5.41) is 7.15. The number of amidine groups is 1. The average molecular weight is 197 g/mol. The summed E-state index contributed by atoms with van der Waals surface area (Å²) in [6.45, 7) is 0. The molecular weight excluding hydrogens is 188 g/mol. The van der Waals surface area contributed by atoms with E-state index in [2.05, 4.69) is 9.97 Å². The molecule has 0 aliphatic carbocycles. The maximum atomic E-state index is 7.15. The molecule has 0 saturated heterocycles. The Kier molecular flexibility index (Phi) is 2.53. The second kappa shape index (κ2) is 3.45. The molecule has 0 fully saturated rings. The summed E-state index contributed by atoms with van der Waals surface area (Å²) in [4.78, 5) is 7.04. The molecule has 0 saturated carbocycles. The van der Waals surface area contributed by atoms with Crippen LogP contribution in [0.25, 0.3) is 11.0 Å². The van der Waals surface area contributed by atoms with E-state index in [0.29, 0.717) is 5.82 Å². The maximum absolute atomic E-state index is 7.15. The van der Waals surface area contributed by atoms with Crippen LogP contribution in [0, 0.1) is 5.41 Å². The standard InChI is InChI=1S/C8H8N4.ClH/c9-7(10)8-11-5-3-1-2-4-6(5)12-8;/h1-4H,(H3,9,10)(H,11,12);1H. The Hall–Kier alpha value is -1.55. The van der Waals surface area contributed by atoms with Crippen molar-refractivity contribution in [3.63, 3.8) is 0 Å². The van der Waals surface area contributed by atoms with E-state index < -0.39 is 0 Å². The number of nitrogen functional groups attached to an aromatic ring is 1. The average Bonchev–Trinajstić information content (AvgIpc) is 2.46. The SMILES string of the molecule is Cl.N=C(N)c1nc2ccccc2[nH]1. The monoisotopic (exact) mass is 196 g/mol. The smallest absolute Gasteiger partial charge is 0.173 e. The van der Waals surface area contributed by atoms with Gasteiger partial charge in [0.1, 0.15) is 0 Å². The topological polar surface area (TPSA) is 78.6 Å². The van der Waals surface area contributed by atoms with Crippen molar-refractivity contribution in [2.75, 3.05) is 0 Å². The third-order valence-electron chi connectivity index (χ3n) is 1.64. The van der Waals surface area contributed by atoms with E-state index in [-0.39, 0.29) is 18.2 Å². The van der Waals surface area contributed by atoms with Crippen molar-refractivity contribution in [3.8, 4) is 0 Å². The molecule has 1 aromatic carbocycles. The summed E-state index contributed by atoms with van der Waals surface area (Å²) >= 11 is 0. The highest BCUT2D eigenvalue weighted by molar-refractivity contribution is 5.94. The fraction of sp³-hybridized carbons (Fsp3) is 0. The van der Waals surface area contributed by atoms with Crippen molar-refractivity contribution < 1.29 is 0 Å². The molecule has 0 radical (unpaired) electrons. The molecule has 0 atom stereocenters. The first-order valence-corrected chi connectivity index (χ1v) is 3.56. The number of hydrogen-bond donors (Lipinski definition) is 3. The highest BCUT2D eigenvalue weighted by Gasteiger charge is 2.02. The number of H-pyrrole nitrogens is 1. The Morgan fingerprint density at radius 3 is 2.69 bits per heavy atom. The Morgan fingerprint density at radius 2 is 2.08 bits per heavy atom. The lowest BCUT2D eigenvalue weighted by atomic mass is 10.3. The van der Waals surface area contributed by atoms with Crippen LogP contribution >= 0.6 is 12.4 Å². The van der Waals surface area contributed by atoms with Gasteiger partial charge in [0.2, 0.25) is 0 Å². The number of fused-ring (bicyclic) bond motifs is 1. The number of para-hydroxylation sites is 2. The number of imidazole rings is 1. The lowest BCUT2D eigenvalue weighted by Gasteiger charge is -1.85. The molecule has 2 aromatic rings. The van der Waals surface area contributed by atoms with E-state index in [0.717, 1.165) is 11.0 Å². The van der Waals surface area contributed by atoms with E-state index in [4.69, 9.17) is 11.1 Å². The predicted octanol–water partition coefficient (Wildman–Crippen LogP) is 1.27. The third kappa shape index (κ3) is 1.62. The fourth-order valence-electron chi connectivity index (χ4n) is 1.08. The van der Waals surface area contributed by atoms with Gasteiger partial charge in [0.05, 0.1) is 11.0 Å². The van der Waals surface area contributed by atoms with Crippen LogP contribution in [0.3, 0.4) is 0 Å². The van der Waals surface area contributed by atoms with Gasteiger partial charge in [-0.2, -0.15) is 0 Å². The summed E-state index contributed by atoms with van der Waals surface area (Å²) in [6, 6.07) is 7.57. The van der Waals surface area contributed by atoms with Gasteiger partial charge in [-0.05, 0) is 12.1 Å². The van der Waals surface area contributed by atoms with Gasteiger partial charge < -0.3 is 10.7 Å². The minimum absolute atomic E-state index is 0. The summed E-state index contributed by atoms with van der Waals surface area (Å²) in [6.07, 6.45) is 0. The summed E-state index contributed by atoms with van der Waals surface area (Å²) < 4.78 is 0. The first kappa shape index (κ1) is 9.54. The highest BCUT2D eigenvalue weighted by Crippen LogP contribution is 2.09. The van der Waals surface area contributed by atoms with Gasteiger partial charge in [0.25, 0.3) is 0 Å². The Labute approximate surface area is 81.1 Å². The zero-order valence-electron chi connectivity index (χ0n) is 6.74. The Bertz CT molecular complexity index is 401. The maximum Gasteiger partial charge on any atom is 0.173 e. The molecule has 1 heterocycles. The number of nitrogens with one attached hydrogen (secondary N) is 2. The molecule has 0 unspecified atom stereocenters. The van der Waals surface area contributed by atoms with Crippen LogP contribution in [0.1, 0.15) is 5.82 Å². The quantitative estimate of drug-likeness (QED) is 0.475. The van der Waals surface area contributed by atoms with Gasteiger partial charge in [0.15, 0.2) is 11.7 Å². The minimum atomic E-state index is -0.0359. The van der Waals surface area contributed by atoms with Crippen LogP contribution in [0.2, 0.25) is 0 Å². The molecule has 4 nitrogen and oxygen atoms in total. The van der Waals surface area contributed by atoms with Crippen LogP contribution in [-0.2, 0) is 0 Å².